The lowest BCUT2D eigenvalue weighted by molar-refractivity contribution is -0.138. The Labute approximate surface area is 139 Å². The quantitative estimate of drug-likeness (QED) is 0.468. The summed E-state index contributed by atoms with van der Waals surface area (Å²) < 4.78 is 0. The second-order valence-corrected chi connectivity index (χ2v) is 5.16. The number of amides is 2. The minimum atomic E-state index is -1.12. The summed E-state index contributed by atoms with van der Waals surface area (Å²) in [6.07, 6.45) is 1.66. The van der Waals surface area contributed by atoms with Gasteiger partial charge in [0.2, 0.25) is 5.91 Å². The average molecular weight is 332 g/mol. The summed E-state index contributed by atoms with van der Waals surface area (Å²) in [5, 5.41) is 22.1. The first kappa shape index (κ1) is 19.1. The fraction of sp³-hybridized carbons (Fsp3) is 0.375. The third-order valence-electron chi connectivity index (χ3n) is 3.25. The lowest BCUT2D eigenvalue weighted by atomic mass is 10.1. The number of carbonyl (C=O) groups is 3. The maximum absolute atomic E-state index is 11.9. The first-order valence-corrected chi connectivity index (χ1v) is 7.47. The molecule has 0 aliphatic rings. The minimum absolute atomic E-state index is 0.233. The van der Waals surface area contributed by atoms with Crippen LogP contribution in [0, 0.1) is 11.3 Å². The van der Waals surface area contributed by atoms with Crippen molar-refractivity contribution in [3.05, 3.63) is 35.4 Å². The number of benzene rings is 1. The molecule has 1 atom stereocenters. The lowest BCUT2D eigenvalue weighted by Gasteiger charge is -2.11. The number of aliphatic carboxylic acids is 1. The van der Waals surface area contributed by atoms with Gasteiger partial charge in [-0.1, -0.05) is 0 Å². The number of hydrogen-bond acceptors (Lipinski definition) is 5. The Morgan fingerprint density at radius 2 is 1.83 bits per heavy atom. The minimum Gasteiger partial charge on any atom is -0.480 e. The topological polar surface area (TPSA) is 145 Å². The molecule has 2 amide bonds. The van der Waals surface area contributed by atoms with E-state index >= 15 is 0 Å². The monoisotopic (exact) mass is 332 g/mol. The van der Waals surface area contributed by atoms with E-state index in [1.54, 1.807) is 24.3 Å². The average Bonchev–Trinajstić information content (AvgIpc) is 2.58. The zero-order chi connectivity index (χ0) is 17.9. The number of carbonyl (C=O) groups excluding carboxylic acids is 2. The second-order valence-electron chi connectivity index (χ2n) is 5.16. The third kappa shape index (κ3) is 6.89. The number of nitrogens with two attached hydrogens (primary N) is 1. The first-order valence-electron chi connectivity index (χ1n) is 7.47. The molecule has 0 heterocycles. The van der Waals surface area contributed by atoms with Crippen LogP contribution in [0.15, 0.2) is 24.3 Å². The number of rotatable bonds is 9. The van der Waals surface area contributed by atoms with Crippen LogP contribution in [-0.4, -0.2) is 42.0 Å². The van der Waals surface area contributed by atoms with Gasteiger partial charge in [-0.2, -0.15) is 5.26 Å². The maximum Gasteiger partial charge on any atom is 0.322 e. The molecule has 1 rings (SSSR count). The van der Waals surface area contributed by atoms with Gasteiger partial charge in [-0.25, -0.2) is 0 Å². The molecule has 1 aromatic carbocycles. The summed E-state index contributed by atoms with van der Waals surface area (Å²) in [6.45, 7) is -0.0184. The third-order valence-corrected chi connectivity index (χ3v) is 3.25. The van der Waals surface area contributed by atoms with Crippen molar-refractivity contribution in [2.75, 3.05) is 13.1 Å². The van der Waals surface area contributed by atoms with Crippen molar-refractivity contribution in [1.82, 2.24) is 10.6 Å². The molecule has 24 heavy (non-hydrogen) atoms. The SMILES string of the molecule is N#Cc1ccc(C(=O)NCCCCC(N)C(=O)NCC(=O)O)cc1. The van der Waals surface area contributed by atoms with Gasteiger partial charge in [0.05, 0.1) is 17.7 Å². The summed E-state index contributed by atoms with van der Waals surface area (Å²) in [4.78, 5) is 33.7. The highest BCUT2D eigenvalue weighted by Crippen LogP contribution is 2.04. The summed E-state index contributed by atoms with van der Waals surface area (Å²) in [5.41, 5.74) is 6.60. The number of carboxylic acid groups (broad SMARTS) is 1. The van der Waals surface area contributed by atoms with Gasteiger partial charge < -0.3 is 21.5 Å². The molecular formula is C16H20N4O4. The van der Waals surface area contributed by atoms with Crippen LogP contribution >= 0.6 is 0 Å². The van der Waals surface area contributed by atoms with Crippen molar-refractivity contribution in [2.24, 2.45) is 5.73 Å². The Hall–Kier alpha value is -2.92. The van der Waals surface area contributed by atoms with Gasteiger partial charge in [-0.3, -0.25) is 14.4 Å². The zero-order valence-corrected chi connectivity index (χ0v) is 13.1. The molecule has 1 aromatic rings. The number of carboxylic acids is 1. The normalized spacial score (nSPS) is 11.2. The van der Waals surface area contributed by atoms with E-state index in [0.717, 1.165) is 0 Å². The van der Waals surface area contributed by atoms with Crippen LogP contribution in [0.4, 0.5) is 0 Å². The van der Waals surface area contributed by atoms with E-state index in [1.165, 1.54) is 0 Å². The van der Waals surface area contributed by atoms with Crippen LogP contribution in [0.1, 0.15) is 35.2 Å². The van der Waals surface area contributed by atoms with Gasteiger partial charge in [0, 0.05) is 12.1 Å². The summed E-state index contributed by atoms with van der Waals surface area (Å²) in [7, 11) is 0. The highest BCUT2D eigenvalue weighted by atomic mass is 16.4. The number of hydrogen-bond donors (Lipinski definition) is 4. The van der Waals surface area contributed by atoms with E-state index in [9.17, 15) is 14.4 Å². The predicted molar refractivity (Wildman–Crippen MR) is 86.0 cm³/mol. The van der Waals surface area contributed by atoms with E-state index < -0.39 is 24.5 Å². The van der Waals surface area contributed by atoms with Crippen LogP contribution in [0.5, 0.6) is 0 Å². The molecule has 8 nitrogen and oxygen atoms in total. The van der Waals surface area contributed by atoms with Gasteiger partial charge in [-0.15, -0.1) is 0 Å². The van der Waals surface area contributed by atoms with Crippen molar-refractivity contribution in [3.8, 4) is 6.07 Å². The first-order chi connectivity index (χ1) is 11.4. The van der Waals surface area contributed by atoms with Crippen LogP contribution in [0.25, 0.3) is 0 Å². The Morgan fingerprint density at radius 1 is 1.17 bits per heavy atom. The molecule has 0 spiro atoms. The van der Waals surface area contributed by atoms with Crippen LogP contribution in [0.2, 0.25) is 0 Å². The van der Waals surface area contributed by atoms with E-state index in [1.807, 2.05) is 6.07 Å². The van der Waals surface area contributed by atoms with Gasteiger partial charge in [0.25, 0.3) is 5.91 Å². The number of nitrogens with zero attached hydrogens (tertiary/aromatic N) is 1. The Morgan fingerprint density at radius 3 is 2.42 bits per heavy atom. The number of nitriles is 1. The Balaban J connectivity index is 2.21. The molecule has 0 aliphatic heterocycles. The molecule has 0 saturated heterocycles. The Kier molecular flexibility index (Phi) is 7.94. The van der Waals surface area contributed by atoms with E-state index in [4.69, 9.17) is 16.1 Å². The van der Waals surface area contributed by atoms with Crippen LogP contribution in [0.3, 0.4) is 0 Å². The van der Waals surface area contributed by atoms with E-state index in [0.29, 0.717) is 36.9 Å². The molecule has 0 bridgehead atoms. The van der Waals surface area contributed by atoms with Crippen molar-refractivity contribution < 1.29 is 19.5 Å². The van der Waals surface area contributed by atoms with Crippen molar-refractivity contribution in [1.29, 1.82) is 5.26 Å². The molecule has 0 radical (unpaired) electrons. The van der Waals surface area contributed by atoms with Crippen LogP contribution in [-0.2, 0) is 9.59 Å². The van der Waals surface area contributed by atoms with Gasteiger partial charge in [0.15, 0.2) is 0 Å². The molecule has 0 fully saturated rings. The number of unbranched alkanes of at least 4 members (excludes halogenated alkanes) is 1. The lowest BCUT2D eigenvalue weighted by Crippen LogP contribution is -2.42. The molecule has 5 N–H and O–H groups in total. The Bertz CT molecular complexity index is 622. The van der Waals surface area contributed by atoms with Crippen LogP contribution < -0.4 is 16.4 Å². The zero-order valence-electron chi connectivity index (χ0n) is 13.1. The predicted octanol–water partition coefficient (Wildman–Crippen LogP) is -0.0135. The van der Waals surface area contributed by atoms with E-state index in [2.05, 4.69) is 10.6 Å². The van der Waals surface area contributed by atoms with Gasteiger partial charge in [0.1, 0.15) is 6.54 Å². The van der Waals surface area contributed by atoms with Gasteiger partial charge in [-0.05, 0) is 43.5 Å². The smallest absolute Gasteiger partial charge is 0.322 e. The molecule has 0 saturated carbocycles. The summed E-state index contributed by atoms with van der Waals surface area (Å²) >= 11 is 0. The molecular weight excluding hydrogens is 312 g/mol. The van der Waals surface area contributed by atoms with Crippen molar-refractivity contribution in [2.45, 2.75) is 25.3 Å². The largest absolute Gasteiger partial charge is 0.480 e. The van der Waals surface area contributed by atoms with Gasteiger partial charge >= 0.3 is 5.97 Å². The molecule has 1 unspecified atom stereocenters. The fourth-order valence-corrected chi connectivity index (χ4v) is 1.91. The standard InChI is InChI=1S/C16H20N4O4/c17-9-11-4-6-12(7-5-11)15(23)19-8-2-1-3-13(18)16(24)20-10-14(21)22/h4-7,13H,1-3,8,10,18H2,(H,19,23)(H,20,24)(H,21,22). The molecule has 128 valence electrons. The van der Waals surface area contributed by atoms with Crippen molar-refractivity contribution >= 4 is 17.8 Å². The van der Waals surface area contributed by atoms with Crippen molar-refractivity contribution in [3.63, 3.8) is 0 Å². The molecule has 0 aromatic heterocycles. The summed E-state index contributed by atoms with van der Waals surface area (Å²) in [5.74, 6) is -1.86. The second kappa shape index (κ2) is 9.97. The maximum atomic E-state index is 11.9. The van der Waals surface area contributed by atoms with E-state index in [-0.39, 0.29) is 5.91 Å². The fourth-order valence-electron chi connectivity index (χ4n) is 1.91. The highest BCUT2D eigenvalue weighted by Gasteiger charge is 2.13. The summed E-state index contributed by atoms with van der Waals surface area (Å²) in [6, 6.07) is 7.52. The molecule has 8 heteroatoms. The highest BCUT2D eigenvalue weighted by molar-refractivity contribution is 5.94. The number of nitrogens with one attached hydrogen (secondary N) is 2. The molecule has 0 aliphatic carbocycles.